The van der Waals surface area contributed by atoms with Gasteiger partial charge >= 0.3 is 0 Å². The number of benzene rings is 1. The van der Waals surface area contributed by atoms with Crippen LogP contribution in [0.3, 0.4) is 0 Å². The van der Waals surface area contributed by atoms with Gasteiger partial charge in [0.2, 0.25) is 5.91 Å². The lowest BCUT2D eigenvalue weighted by atomic mass is 10.0. The molecule has 1 saturated heterocycles. The Hall–Kier alpha value is -1.39. The summed E-state index contributed by atoms with van der Waals surface area (Å²) in [6.45, 7) is 1.46. The number of nitrogens with two attached hydrogens (primary N) is 1. The maximum Gasteiger partial charge on any atom is 0.239 e. The molecule has 1 unspecified atom stereocenters. The van der Waals surface area contributed by atoms with Gasteiger partial charge in [-0.3, -0.25) is 4.79 Å². The average molecular weight is 262 g/mol. The van der Waals surface area contributed by atoms with Gasteiger partial charge in [0.05, 0.1) is 12.1 Å². The minimum absolute atomic E-state index is 0.0330. The Bertz CT molecular complexity index is 408. The zero-order chi connectivity index (χ0) is 13.7. The lowest BCUT2D eigenvalue weighted by Gasteiger charge is -2.33. The van der Waals surface area contributed by atoms with Gasteiger partial charge in [0.15, 0.2) is 0 Å². The number of hydrogen-bond donors (Lipinski definition) is 1. The standard InChI is InChI=1S/C15H22N2O2/c1-19-13-8-5-9-17(11-13)15(18)14(16)10-12-6-3-2-4-7-12/h2-4,6-7,13-14H,5,8-11,16H2,1H3/t13?,14-/m1/s1. The molecule has 4 nitrogen and oxygen atoms in total. The Balaban J connectivity index is 1.91. The van der Waals surface area contributed by atoms with Gasteiger partial charge in [-0.15, -0.1) is 0 Å². The third-order valence-electron chi connectivity index (χ3n) is 3.64. The molecule has 104 valence electrons. The van der Waals surface area contributed by atoms with Crippen molar-refractivity contribution >= 4 is 5.91 Å². The topological polar surface area (TPSA) is 55.6 Å². The van der Waals surface area contributed by atoms with Gasteiger partial charge in [0, 0.05) is 20.2 Å². The summed E-state index contributed by atoms with van der Waals surface area (Å²) in [5.74, 6) is 0.0330. The second kappa shape index (κ2) is 6.68. The molecular weight excluding hydrogens is 240 g/mol. The van der Waals surface area contributed by atoms with E-state index in [9.17, 15) is 4.79 Å². The van der Waals surface area contributed by atoms with Crippen LogP contribution in [-0.2, 0) is 16.0 Å². The van der Waals surface area contributed by atoms with Gasteiger partial charge in [-0.25, -0.2) is 0 Å². The zero-order valence-corrected chi connectivity index (χ0v) is 11.4. The molecule has 4 heteroatoms. The third kappa shape index (κ3) is 3.78. The Morgan fingerprint density at radius 2 is 2.21 bits per heavy atom. The smallest absolute Gasteiger partial charge is 0.239 e. The summed E-state index contributed by atoms with van der Waals surface area (Å²) in [6.07, 6.45) is 2.76. The fourth-order valence-corrected chi connectivity index (χ4v) is 2.52. The largest absolute Gasteiger partial charge is 0.380 e. The van der Waals surface area contributed by atoms with Gasteiger partial charge in [-0.2, -0.15) is 0 Å². The van der Waals surface area contributed by atoms with Crippen molar-refractivity contribution in [3.63, 3.8) is 0 Å². The van der Waals surface area contributed by atoms with Crippen molar-refractivity contribution in [1.29, 1.82) is 0 Å². The lowest BCUT2D eigenvalue weighted by Crippen LogP contribution is -2.50. The number of ether oxygens (including phenoxy) is 1. The van der Waals surface area contributed by atoms with Crippen molar-refractivity contribution in [3.8, 4) is 0 Å². The molecule has 1 heterocycles. The average Bonchev–Trinajstić information content (AvgIpc) is 2.47. The molecule has 0 spiro atoms. The monoisotopic (exact) mass is 262 g/mol. The van der Waals surface area contributed by atoms with Crippen LogP contribution in [0.2, 0.25) is 0 Å². The lowest BCUT2D eigenvalue weighted by molar-refractivity contribution is -0.136. The number of carbonyl (C=O) groups excluding carboxylic acids is 1. The third-order valence-corrected chi connectivity index (χ3v) is 3.64. The number of rotatable bonds is 4. The van der Waals surface area contributed by atoms with E-state index in [2.05, 4.69) is 0 Å². The number of amides is 1. The molecule has 0 aliphatic carbocycles. The number of nitrogens with zero attached hydrogens (tertiary/aromatic N) is 1. The molecular formula is C15H22N2O2. The molecule has 0 radical (unpaired) electrons. The van der Waals surface area contributed by atoms with Crippen LogP contribution in [0.15, 0.2) is 30.3 Å². The summed E-state index contributed by atoms with van der Waals surface area (Å²) in [5.41, 5.74) is 7.14. The van der Waals surface area contributed by atoms with Crippen LogP contribution in [0.5, 0.6) is 0 Å². The second-order valence-electron chi connectivity index (χ2n) is 5.08. The normalized spacial score (nSPS) is 21.2. The van der Waals surface area contributed by atoms with Gasteiger partial charge in [0.25, 0.3) is 0 Å². The number of hydrogen-bond acceptors (Lipinski definition) is 3. The maximum atomic E-state index is 12.3. The van der Waals surface area contributed by atoms with Crippen molar-refractivity contribution in [3.05, 3.63) is 35.9 Å². The summed E-state index contributed by atoms with van der Waals surface area (Å²) in [7, 11) is 1.70. The Morgan fingerprint density at radius 3 is 2.89 bits per heavy atom. The summed E-state index contributed by atoms with van der Waals surface area (Å²) < 4.78 is 5.33. The van der Waals surface area contributed by atoms with Crippen LogP contribution < -0.4 is 5.73 Å². The summed E-state index contributed by atoms with van der Waals surface area (Å²) in [5, 5.41) is 0. The van der Waals surface area contributed by atoms with E-state index < -0.39 is 6.04 Å². The number of piperidine rings is 1. The van der Waals surface area contributed by atoms with Gasteiger partial charge in [0.1, 0.15) is 0 Å². The molecule has 1 aromatic rings. The minimum Gasteiger partial charge on any atom is -0.380 e. The first-order valence-corrected chi connectivity index (χ1v) is 6.82. The number of carbonyl (C=O) groups is 1. The fourth-order valence-electron chi connectivity index (χ4n) is 2.52. The first kappa shape index (κ1) is 14.0. The van der Waals surface area contributed by atoms with Crippen molar-refractivity contribution in [2.75, 3.05) is 20.2 Å². The molecule has 2 N–H and O–H groups in total. The quantitative estimate of drug-likeness (QED) is 0.887. The van der Waals surface area contributed by atoms with Gasteiger partial charge < -0.3 is 15.4 Å². The van der Waals surface area contributed by atoms with E-state index in [-0.39, 0.29) is 12.0 Å². The van der Waals surface area contributed by atoms with Crippen LogP contribution >= 0.6 is 0 Å². The fraction of sp³-hybridized carbons (Fsp3) is 0.533. The Morgan fingerprint density at radius 1 is 1.47 bits per heavy atom. The van der Waals surface area contributed by atoms with Crippen LogP contribution in [0.1, 0.15) is 18.4 Å². The van der Waals surface area contributed by atoms with E-state index in [1.807, 2.05) is 35.2 Å². The molecule has 19 heavy (non-hydrogen) atoms. The number of methoxy groups -OCH3 is 1. The van der Waals surface area contributed by atoms with E-state index >= 15 is 0 Å². The minimum atomic E-state index is -0.460. The molecule has 2 rings (SSSR count). The molecule has 1 aliphatic heterocycles. The predicted octanol–water partition coefficient (Wildman–Crippen LogP) is 1.19. The molecule has 1 amide bonds. The van der Waals surface area contributed by atoms with Crippen molar-refractivity contribution in [1.82, 2.24) is 4.90 Å². The van der Waals surface area contributed by atoms with Crippen molar-refractivity contribution in [2.45, 2.75) is 31.4 Å². The SMILES string of the molecule is COC1CCCN(C(=O)[C@H](N)Cc2ccccc2)C1. The highest BCUT2D eigenvalue weighted by atomic mass is 16.5. The van der Waals surface area contributed by atoms with Crippen LogP contribution in [-0.4, -0.2) is 43.2 Å². The molecule has 0 bridgehead atoms. The highest BCUT2D eigenvalue weighted by Gasteiger charge is 2.26. The van der Waals surface area contributed by atoms with E-state index in [4.69, 9.17) is 10.5 Å². The van der Waals surface area contributed by atoms with Gasteiger partial charge in [-0.05, 0) is 24.8 Å². The second-order valence-corrected chi connectivity index (χ2v) is 5.08. The van der Waals surface area contributed by atoms with E-state index in [1.54, 1.807) is 7.11 Å². The maximum absolute atomic E-state index is 12.3. The number of likely N-dealkylation sites (tertiary alicyclic amines) is 1. The first-order valence-electron chi connectivity index (χ1n) is 6.82. The zero-order valence-electron chi connectivity index (χ0n) is 11.4. The van der Waals surface area contributed by atoms with E-state index in [1.165, 1.54) is 0 Å². The predicted molar refractivity (Wildman–Crippen MR) is 74.7 cm³/mol. The van der Waals surface area contributed by atoms with Crippen LogP contribution in [0.25, 0.3) is 0 Å². The highest BCUT2D eigenvalue weighted by Crippen LogP contribution is 2.14. The Kier molecular flexibility index (Phi) is 4.93. The molecule has 1 aromatic carbocycles. The van der Waals surface area contributed by atoms with Crippen molar-refractivity contribution in [2.24, 2.45) is 5.73 Å². The van der Waals surface area contributed by atoms with E-state index in [0.29, 0.717) is 13.0 Å². The summed E-state index contributed by atoms with van der Waals surface area (Å²) >= 11 is 0. The molecule has 1 fully saturated rings. The molecule has 0 aromatic heterocycles. The first-order chi connectivity index (χ1) is 9.20. The summed E-state index contributed by atoms with van der Waals surface area (Å²) in [4.78, 5) is 14.1. The Labute approximate surface area is 114 Å². The van der Waals surface area contributed by atoms with Crippen molar-refractivity contribution < 1.29 is 9.53 Å². The molecule has 1 aliphatic rings. The van der Waals surface area contributed by atoms with E-state index in [0.717, 1.165) is 24.9 Å². The van der Waals surface area contributed by atoms with Crippen LogP contribution in [0.4, 0.5) is 0 Å². The molecule has 2 atom stereocenters. The molecule has 0 saturated carbocycles. The highest BCUT2D eigenvalue weighted by molar-refractivity contribution is 5.82. The van der Waals surface area contributed by atoms with Gasteiger partial charge in [-0.1, -0.05) is 30.3 Å². The summed E-state index contributed by atoms with van der Waals surface area (Å²) in [6, 6.07) is 9.44. The van der Waals surface area contributed by atoms with Crippen LogP contribution in [0, 0.1) is 0 Å².